The number of benzene rings is 1. The molecule has 3 heteroatoms. The SMILES string of the molecule is COc1cccc(C(NN)C2(C)CCCCC2)c1. The first-order valence-corrected chi connectivity index (χ1v) is 6.80. The molecule has 2 rings (SSSR count). The molecule has 18 heavy (non-hydrogen) atoms. The number of hydrazine groups is 1. The number of methoxy groups -OCH3 is 1. The van der Waals surface area contributed by atoms with E-state index < -0.39 is 0 Å². The molecule has 1 fully saturated rings. The second-order valence-electron chi connectivity index (χ2n) is 5.59. The standard InChI is InChI=1S/C15H24N2O/c1-15(9-4-3-5-10-15)14(17-16)12-7-6-8-13(11-12)18-2/h6-8,11,14,17H,3-5,9-10,16H2,1-2H3. The zero-order chi connectivity index (χ0) is 13.0. The molecule has 1 aliphatic rings. The summed E-state index contributed by atoms with van der Waals surface area (Å²) >= 11 is 0. The lowest BCUT2D eigenvalue weighted by Crippen LogP contribution is -2.41. The largest absolute Gasteiger partial charge is 0.497 e. The third kappa shape index (κ3) is 2.68. The van der Waals surface area contributed by atoms with Gasteiger partial charge < -0.3 is 4.74 Å². The zero-order valence-corrected chi connectivity index (χ0v) is 11.4. The van der Waals surface area contributed by atoms with E-state index in [1.165, 1.54) is 37.7 Å². The van der Waals surface area contributed by atoms with Crippen LogP contribution in [0.25, 0.3) is 0 Å². The second kappa shape index (κ2) is 5.72. The van der Waals surface area contributed by atoms with Crippen molar-refractivity contribution in [2.24, 2.45) is 11.3 Å². The van der Waals surface area contributed by atoms with Gasteiger partial charge in [0.25, 0.3) is 0 Å². The van der Waals surface area contributed by atoms with Crippen molar-refractivity contribution >= 4 is 0 Å². The van der Waals surface area contributed by atoms with Gasteiger partial charge in [0.2, 0.25) is 0 Å². The molecule has 1 unspecified atom stereocenters. The van der Waals surface area contributed by atoms with Crippen molar-refractivity contribution in [3.8, 4) is 5.75 Å². The van der Waals surface area contributed by atoms with Crippen LogP contribution in [0.3, 0.4) is 0 Å². The van der Waals surface area contributed by atoms with Crippen LogP contribution in [0.5, 0.6) is 5.75 Å². The number of hydrogen-bond donors (Lipinski definition) is 2. The molecule has 0 saturated heterocycles. The van der Waals surface area contributed by atoms with Crippen molar-refractivity contribution in [3.63, 3.8) is 0 Å². The quantitative estimate of drug-likeness (QED) is 0.635. The summed E-state index contributed by atoms with van der Waals surface area (Å²) in [6.45, 7) is 2.34. The molecule has 100 valence electrons. The lowest BCUT2D eigenvalue weighted by Gasteiger charge is -2.40. The zero-order valence-electron chi connectivity index (χ0n) is 11.4. The molecular formula is C15H24N2O. The maximum absolute atomic E-state index is 5.82. The number of ether oxygens (including phenoxy) is 1. The van der Waals surface area contributed by atoms with E-state index in [2.05, 4.69) is 24.5 Å². The van der Waals surface area contributed by atoms with Gasteiger partial charge in [-0.25, -0.2) is 0 Å². The van der Waals surface area contributed by atoms with Crippen molar-refractivity contribution in [2.75, 3.05) is 7.11 Å². The van der Waals surface area contributed by atoms with Gasteiger partial charge in [0.1, 0.15) is 5.75 Å². The monoisotopic (exact) mass is 248 g/mol. The van der Waals surface area contributed by atoms with Crippen molar-refractivity contribution in [3.05, 3.63) is 29.8 Å². The van der Waals surface area contributed by atoms with Crippen LogP contribution in [-0.4, -0.2) is 7.11 Å². The van der Waals surface area contributed by atoms with Crippen LogP contribution in [0, 0.1) is 5.41 Å². The van der Waals surface area contributed by atoms with Crippen LogP contribution in [0.2, 0.25) is 0 Å². The molecule has 1 atom stereocenters. The Morgan fingerprint density at radius 2 is 2.00 bits per heavy atom. The Bertz CT molecular complexity index is 386. The van der Waals surface area contributed by atoms with Crippen LogP contribution in [-0.2, 0) is 0 Å². The normalized spacial score (nSPS) is 20.4. The summed E-state index contributed by atoms with van der Waals surface area (Å²) in [6.07, 6.45) is 6.43. The van der Waals surface area contributed by atoms with Crippen LogP contribution in [0.15, 0.2) is 24.3 Å². The summed E-state index contributed by atoms with van der Waals surface area (Å²) in [5.74, 6) is 6.72. The average molecular weight is 248 g/mol. The summed E-state index contributed by atoms with van der Waals surface area (Å²) in [7, 11) is 1.70. The van der Waals surface area contributed by atoms with Crippen molar-refractivity contribution in [2.45, 2.75) is 45.1 Å². The van der Waals surface area contributed by atoms with Gasteiger partial charge in [0.15, 0.2) is 0 Å². The number of nitrogens with one attached hydrogen (secondary N) is 1. The second-order valence-corrected chi connectivity index (χ2v) is 5.59. The Kier molecular flexibility index (Phi) is 4.25. The summed E-state index contributed by atoms with van der Waals surface area (Å²) < 4.78 is 5.30. The van der Waals surface area contributed by atoms with Gasteiger partial charge in [-0.05, 0) is 36.0 Å². The van der Waals surface area contributed by atoms with E-state index >= 15 is 0 Å². The molecular weight excluding hydrogens is 224 g/mol. The van der Waals surface area contributed by atoms with Gasteiger partial charge in [-0.2, -0.15) is 0 Å². The van der Waals surface area contributed by atoms with E-state index in [9.17, 15) is 0 Å². The predicted octanol–water partition coefficient (Wildman–Crippen LogP) is 3.17. The van der Waals surface area contributed by atoms with E-state index in [-0.39, 0.29) is 11.5 Å². The van der Waals surface area contributed by atoms with Crippen molar-refractivity contribution in [1.29, 1.82) is 0 Å². The molecule has 0 amide bonds. The molecule has 0 spiro atoms. The molecule has 0 heterocycles. The Hall–Kier alpha value is -1.06. The van der Waals surface area contributed by atoms with Gasteiger partial charge >= 0.3 is 0 Å². The third-order valence-corrected chi connectivity index (χ3v) is 4.29. The molecule has 0 aromatic heterocycles. The number of nitrogens with two attached hydrogens (primary N) is 1. The van der Waals surface area contributed by atoms with E-state index in [1.54, 1.807) is 7.11 Å². The van der Waals surface area contributed by atoms with E-state index in [0.717, 1.165) is 5.75 Å². The fourth-order valence-electron chi connectivity index (χ4n) is 3.17. The molecule has 0 aliphatic heterocycles. The summed E-state index contributed by atoms with van der Waals surface area (Å²) in [5.41, 5.74) is 4.50. The Balaban J connectivity index is 2.26. The Labute approximate surface area is 110 Å². The first kappa shape index (κ1) is 13.4. The van der Waals surface area contributed by atoms with Gasteiger partial charge in [0.05, 0.1) is 13.2 Å². The molecule has 1 aliphatic carbocycles. The minimum absolute atomic E-state index is 0.202. The highest BCUT2D eigenvalue weighted by atomic mass is 16.5. The molecule has 1 aromatic carbocycles. The fourth-order valence-corrected chi connectivity index (χ4v) is 3.17. The summed E-state index contributed by atoms with van der Waals surface area (Å²) in [6, 6.07) is 8.43. The topological polar surface area (TPSA) is 47.3 Å². The van der Waals surface area contributed by atoms with Crippen molar-refractivity contribution in [1.82, 2.24) is 5.43 Å². The molecule has 1 saturated carbocycles. The molecule has 1 aromatic rings. The highest BCUT2D eigenvalue weighted by Crippen LogP contribution is 2.45. The van der Waals surface area contributed by atoms with Crippen LogP contribution in [0.1, 0.15) is 50.6 Å². The van der Waals surface area contributed by atoms with Gasteiger partial charge in [-0.3, -0.25) is 11.3 Å². The molecule has 3 N–H and O–H groups in total. The minimum atomic E-state index is 0.202. The lowest BCUT2D eigenvalue weighted by molar-refractivity contribution is 0.145. The minimum Gasteiger partial charge on any atom is -0.497 e. The van der Waals surface area contributed by atoms with Crippen LogP contribution < -0.4 is 16.0 Å². The predicted molar refractivity (Wildman–Crippen MR) is 74.3 cm³/mol. The van der Waals surface area contributed by atoms with Gasteiger partial charge in [-0.1, -0.05) is 38.3 Å². The highest BCUT2D eigenvalue weighted by Gasteiger charge is 2.35. The molecule has 0 bridgehead atoms. The maximum Gasteiger partial charge on any atom is 0.119 e. The summed E-state index contributed by atoms with van der Waals surface area (Å²) in [5, 5.41) is 0. The Morgan fingerprint density at radius 3 is 2.61 bits per heavy atom. The highest BCUT2D eigenvalue weighted by molar-refractivity contribution is 5.31. The lowest BCUT2D eigenvalue weighted by atomic mass is 9.69. The van der Waals surface area contributed by atoms with Crippen LogP contribution in [0.4, 0.5) is 0 Å². The first-order valence-electron chi connectivity index (χ1n) is 6.80. The third-order valence-electron chi connectivity index (χ3n) is 4.29. The van der Waals surface area contributed by atoms with Crippen molar-refractivity contribution < 1.29 is 4.74 Å². The number of hydrogen-bond acceptors (Lipinski definition) is 3. The smallest absolute Gasteiger partial charge is 0.119 e. The van der Waals surface area contributed by atoms with E-state index in [4.69, 9.17) is 10.6 Å². The Morgan fingerprint density at radius 1 is 1.28 bits per heavy atom. The number of rotatable bonds is 4. The summed E-state index contributed by atoms with van der Waals surface area (Å²) in [4.78, 5) is 0. The van der Waals surface area contributed by atoms with Crippen LogP contribution >= 0.6 is 0 Å². The van der Waals surface area contributed by atoms with Gasteiger partial charge in [0, 0.05) is 0 Å². The first-order chi connectivity index (χ1) is 8.69. The fraction of sp³-hybridized carbons (Fsp3) is 0.600. The maximum atomic E-state index is 5.82. The average Bonchev–Trinajstić information content (AvgIpc) is 2.40. The molecule has 0 radical (unpaired) electrons. The molecule has 3 nitrogen and oxygen atoms in total. The van der Waals surface area contributed by atoms with E-state index in [1.807, 2.05) is 12.1 Å². The van der Waals surface area contributed by atoms with Gasteiger partial charge in [-0.15, -0.1) is 0 Å². The van der Waals surface area contributed by atoms with E-state index in [0.29, 0.717) is 0 Å².